The van der Waals surface area contributed by atoms with Gasteiger partial charge in [-0.05, 0) is 35.0 Å². The number of benzene rings is 1. The number of para-hydroxylation sites is 1. The lowest BCUT2D eigenvalue weighted by Crippen LogP contribution is -2.25. The van der Waals surface area contributed by atoms with Crippen molar-refractivity contribution in [2.24, 2.45) is 0 Å². The smallest absolute Gasteiger partial charge is 0.133 e. The lowest BCUT2D eigenvalue weighted by atomic mass is 10.3. The molecule has 1 aromatic rings. The molecular formula is C12H18BrNO2. The third-order valence-electron chi connectivity index (χ3n) is 2.00. The standard InChI is InChI=1S/C12H18BrNO2/c1-2-15-9-7-14-8-10-16-12-6-4-3-5-11(12)13/h3-6,14H,2,7-10H2,1H3. The van der Waals surface area contributed by atoms with Crippen molar-refractivity contribution >= 4 is 15.9 Å². The van der Waals surface area contributed by atoms with Crippen LogP contribution in [0.1, 0.15) is 6.92 Å². The second-order valence-electron chi connectivity index (χ2n) is 3.23. The first-order valence-corrected chi connectivity index (χ1v) is 6.29. The normalized spacial score (nSPS) is 10.4. The molecule has 0 atom stereocenters. The first-order chi connectivity index (χ1) is 7.84. The van der Waals surface area contributed by atoms with E-state index in [0.29, 0.717) is 6.61 Å². The molecule has 0 unspecified atom stereocenters. The molecule has 1 N–H and O–H groups in total. The Bertz CT molecular complexity index is 294. The third kappa shape index (κ3) is 5.49. The molecule has 90 valence electrons. The Morgan fingerprint density at radius 3 is 2.69 bits per heavy atom. The molecule has 0 spiro atoms. The van der Waals surface area contributed by atoms with Gasteiger partial charge in [-0.1, -0.05) is 12.1 Å². The number of hydrogen-bond donors (Lipinski definition) is 1. The number of ether oxygens (including phenoxy) is 2. The maximum absolute atomic E-state index is 5.59. The molecule has 0 saturated carbocycles. The fourth-order valence-electron chi connectivity index (χ4n) is 1.21. The van der Waals surface area contributed by atoms with Crippen LogP contribution in [0.25, 0.3) is 0 Å². The van der Waals surface area contributed by atoms with Gasteiger partial charge in [0, 0.05) is 19.7 Å². The highest BCUT2D eigenvalue weighted by molar-refractivity contribution is 9.10. The quantitative estimate of drug-likeness (QED) is 0.745. The summed E-state index contributed by atoms with van der Waals surface area (Å²) in [5, 5.41) is 3.24. The summed E-state index contributed by atoms with van der Waals surface area (Å²) < 4.78 is 11.8. The molecule has 0 saturated heterocycles. The van der Waals surface area contributed by atoms with Crippen LogP contribution in [0.15, 0.2) is 28.7 Å². The van der Waals surface area contributed by atoms with Crippen molar-refractivity contribution < 1.29 is 9.47 Å². The molecule has 0 amide bonds. The van der Waals surface area contributed by atoms with Crippen LogP contribution in [0.2, 0.25) is 0 Å². The Labute approximate surface area is 105 Å². The summed E-state index contributed by atoms with van der Waals surface area (Å²) in [6.07, 6.45) is 0. The Morgan fingerprint density at radius 2 is 1.94 bits per heavy atom. The van der Waals surface area contributed by atoms with E-state index in [2.05, 4.69) is 21.2 Å². The molecule has 3 nitrogen and oxygen atoms in total. The Morgan fingerprint density at radius 1 is 1.19 bits per heavy atom. The van der Waals surface area contributed by atoms with E-state index in [4.69, 9.17) is 9.47 Å². The van der Waals surface area contributed by atoms with Crippen LogP contribution in [0, 0.1) is 0 Å². The topological polar surface area (TPSA) is 30.5 Å². The predicted molar refractivity (Wildman–Crippen MR) is 69.0 cm³/mol. The number of nitrogens with one attached hydrogen (secondary N) is 1. The second-order valence-corrected chi connectivity index (χ2v) is 4.08. The molecule has 1 aromatic carbocycles. The van der Waals surface area contributed by atoms with Gasteiger partial charge < -0.3 is 14.8 Å². The summed E-state index contributed by atoms with van der Waals surface area (Å²) in [6.45, 7) is 5.88. The minimum atomic E-state index is 0.661. The fourth-order valence-corrected chi connectivity index (χ4v) is 1.61. The van der Waals surface area contributed by atoms with E-state index in [1.165, 1.54) is 0 Å². The number of rotatable bonds is 8. The van der Waals surface area contributed by atoms with E-state index >= 15 is 0 Å². The first kappa shape index (κ1) is 13.5. The van der Waals surface area contributed by atoms with Crippen molar-refractivity contribution in [2.45, 2.75) is 6.92 Å². The highest BCUT2D eigenvalue weighted by Gasteiger charge is 1.97. The Kier molecular flexibility index (Phi) is 7.21. The largest absolute Gasteiger partial charge is 0.491 e. The number of hydrogen-bond acceptors (Lipinski definition) is 3. The zero-order valence-electron chi connectivity index (χ0n) is 9.54. The van der Waals surface area contributed by atoms with Gasteiger partial charge in [0.2, 0.25) is 0 Å². The summed E-state index contributed by atoms with van der Waals surface area (Å²) in [6, 6.07) is 7.85. The van der Waals surface area contributed by atoms with E-state index in [1.807, 2.05) is 31.2 Å². The molecule has 0 heterocycles. The van der Waals surface area contributed by atoms with E-state index in [1.54, 1.807) is 0 Å². The Balaban J connectivity index is 2.05. The van der Waals surface area contributed by atoms with Crippen LogP contribution in [0.4, 0.5) is 0 Å². The van der Waals surface area contributed by atoms with Gasteiger partial charge >= 0.3 is 0 Å². The summed E-state index contributed by atoms with van der Waals surface area (Å²) in [5.74, 6) is 0.883. The van der Waals surface area contributed by atoms with Gasteiger partial charge in [0.25, 0.3) is 0 Å². The van der Waals surface area contributed by atoms with Crippen molar-refractivity contribution in [2.75, 3.05) is 32.9 Å². The summed E-state index contributed by atoms with van der Waals surface area (Å²) in [5.41, 5.74) is 0. The molecular weight excluding hydrogens is 270 g/mol. The highest BCUT2D eigenvalue weighted by atomic mass is 79.9. The van der Waals surface area contributed by atoms with Crippen LogP contribution in [0.3, 0.4) is 0 Å². The van der Waals surface area contributed by atoms with Crippen molar-refractivity contribution in [3.8, 4) is 5.75 Å². The van der Waals surface area contributed by atoms with Gasteiger partial charge in [-0.2, -0.15) is 0 Å². The fraction of sp³-hybridized carbons (Fsp3) is 0.500. The van der Waals surface area contributed by atoms with Crippen LogP contribution >= 0.6 is 15.9 Å². The first-order valence-electron chi connectivity index (χ1n) is 5.50. The average Bonchev–Trinajstić information content (AvgIpc) is 2.30. The molecule has 0 fully saturated rings. The van der Waals surface area contributed by atoms with Crippen molar-refractivity contribution in [3.63, 3.8) is 0 Å². The van der Waals surface area contributed by atoms with Crippen LogP contribution in [-0.4, -0.2) is 32.9 Å². The molecule has 0 aliphatic heterocycles. The van der Waals surface area contributed by atoms with Gasteiger partial charge in [0.1, 0.15) is 12.4 Å². The minimum absolute atomic E-state index is 0.661. The number of halogens is 1. The van der Waals surface area contributed by atoms with Gasteiger partial charge in [0.15, 0.2) is 0 Å². The van der Waals surface area contributed by atoms with Gasteiger partial charge in [-0.25, -0.2) is 0 Å². The summed E-state index contributed by atoms with van der Waals surface area (Å²) in [7, 11) is 0. The zero-order chi connectivity index (χ0) is 11.6. The second kappa shape index (κ2) is 8.56. The average molecular weight is 288 g/mol. The maximum atomic E-state index is 5.59. The molecule has 0 radical (unpaired) electrons. The Hall–Kier alpha value is -0.580. The SMILES string of the molecule is CCOCCNCCOc1ccccc1Br. The summed E-state index contributed by atoms with van der Waals surface area (Å²) >= 11 is 3.43. The maximum Gasteiger partial charge on any atom is 0.133 e. The molecule has 0 aliphatic carbocycles. The third-order valence-corrected chi connectivity index (χ3v) is 2.66. The van der Waals surface area contributed by atoms with Crippen molar-refractivity contribution in [1.82, 2.24) is 5.32 Å². The van der Waals surface area contributed by atoms with Gasteiger partial charge in [-0.15, -0.1) is 0 Å². The predicted octanol–water partition coefficient (Wildman–Crippen LogP) is 2.45. The highest BCUT2D eigenvalue weighted by Crippen LogP contribution is 2.23. The monoisotopic (exact) mass is 287 g/mol. The van der Waals surface area contributed by atoms with E-state index < -0.39 is 0 Å². The van der Waals surface area contributed by atoms with Crippen molar-refractivity contribution in [1.29, 1.82) is 0 Å². The van der Waals surface area contributed by atoms with Gasteiger partial charge in [-0.3, -0.25) is 0 Å². The van der Waals surface area contributed by atoms with Crippen LogP contribution in [-0.2, 0) is 4.74 Å². The van der Waals surface area contributed by atoms with Crippen LogP contribution < -0.4 is 10.1 Å². The van der Waals surface area contributed by atoms with Crippen molar-refractivity contribution in [3.05, 3.63) is 28.7 Å². The summed E-state index contributed by atoms with van der Waals surface area (Å²) in [4.78, 5) is 0. The molecule has 16 heavy (non-hydrogen) atoms. The lowest BCUT2D eigenvalue weighted by molar-refractivity contribution is 0.148. The zero-order valence-corrected chi connectivity index (χ0v) is 11.1. The van der Waals surface area contributed by atoms with E-state index in [9.17, 15) is 0 Å². The van der Waals surface area contributed by atoms with Gasteiger partial charge in [0.05, 0.1) is 11.1 Å². The molecule has 0 bridgehead atoms. The minimum Gasteiger partial charge on any atom is -0.491 e. The van der Waals surface area contributed by atoms with E-state index in [0.717, 1.165) is 36.5 Å². The molecule has 1 rings (SSSR count). The lowest BCUT2D eigenvalue weighted by Gasteiger charge is -2.08. The molecule has 4 heteroatoms. The van der Waals surface area contributed by atoms with Crippen LogP contribution in [0.5, 0.6) is 5.75 Å². The van der Waals surface area contributed by atoms with E-state index in [-0.39, 0.29) is 0 Å². The molecule has 0 aromatic heterocycles. The molecule has 0 aliphatic rings.